The monoisotopic (exact) mass is 416 g/mol. The number of hydrogen-bond acceptors (Lipinski definition) is 4. The van der Waals surface area contributed by atoms with Crippen LogP contribution in [0.4, 0.5) is 0 Å². The van der Waals surface area contributed by atoms with Crippen molar-refractivity contribution in [3.63, 3.8) is 0 Å². The number of hydrogen-bond donors (Lipinski definition) is 1. The highest BCUT2D eigenvalue weighted by Gasteiger charge is 2.11. The van der Waals surface area contributed by atoms with Crippen LogP contribution in [0.1, 0.15) is 28.4 Å². The zero-order valence-electron chi connectivity index (χ0n) is 14.8. The summed E-state index contributed by atoms with van der Waals surface area (Å²) in [5, 5.41) is 4.02. The summed E-state index contributed by atoms with van der Waals surface area (Å²) >= 11 is 3.47. The molecule has 1 amide bonds. The molecule has 2 aromatic rings. The Morgan fingerprint density at radius 1 is 1.27 bits per heavy atom. The van der Waals surface area contributed by atoms with Gasteiger partial charge in [-0.15, -0.1) is 0 Å². The van der Waals surface area contributed by atoms with Gasteiger partial charge in [-0.25, -0.2) is 5.43 Å². The van der Waals surface area contributed by atoms with Gasteiger partial charge in [-0.1, -0.05) is 30.4 Å². The SMILES string of the molecule is C=CCOc1c(Br)cc(/C=N\NC(=O)c2ccc(C)cc2)cc1OCC. The van der Waals surface area contributed by atoms with Crippen LogP contribution in [0.15, 0.2) is 58.6 Å². The third kappa shape index (κ3) is 5.46. The van der Waals surface area contributed by atoms with Crippen LogP contribution in [-0.4, -0.2) is 25.3 Å². The first-order chi connectivity index (χ1) is 12.5. The van der Waals surface area contributed by atoms with Crippen LogP contribution in [0.25, 0.3) is 0 Å². The summed E-state index contributed by atoms with van der Waals surface area (Å²) in [7, 11) is 0. The molecule has 2 rings (SSSR count). The minimum absolute atomic E-state index is 0.267. The van der Waals surface area contributed by atoms with Crippen molar-refractivity contribution in [2.24, 2.45) is 5.10 Å². The second-order valence-electron chi connectivity index (χ2n) is 5.43. The lowest BCUT2D eigenvalue weighted by Gasteiger charge is -2.13. The molecule has 0 aliphatic rings. The largest absolute Gasteiger partial charge is 0.490 e. The number of halogens is 1. The van der Waals surface area contributed by atoms with Gasteiger partial charge in [-0.3, -0.25) is 4.79 Å². The lowest BCUT2D eigenvalue weighted by molar-refractivity contribution is 0.0955. The van der Waals surface area contributed by atoms with Crippen molar-refractivity contribution in [3.05, 3.63) is 70.2 Å². The van der Waals surface area contributed by atoms with Crippen molar-refractivity contribution in [1.82, 2.24) is 5.43 Å². The van der Waals surface area contributed by atoms with Gasteiger partial charge in [0.25, 0.3) is 5.91 Å². The molecule has 136 valence electrons. The molecule has 26 heavy (non-hydrogen) atoms. The van der Waals surface area contributed by atoms with Gasteiger partial charge in [0.05, 0.1) is 17.3 Å². The average molecular weight is 417 g/mol. The number of carbonyl (C=O) groups is 1. The van der Waals surface area contributed by atoms with Crippen LogP contribution < -0.4 is 14.9 Å². The summed E-state index contributed by atoms with van der Waals surface area (Å²) in [6.07, 6.45) is 3.22. The predicted octanol–water partition coefficient (Wildman–Crippen LogP) is 4.48. The summed E-state index contributed by atoms with van der Waals surface area (Å²) in [6.45, 7) is 8.38. The van der Waals surface area contributed by atoms with Gasteiger partial charge >= 0.3 is 0 Å². The highest BCUT2D eigenvalue weighted by Crippen LogP contribution is 2.36. The maximum absolute atomic E-state index is 12.1. The van der Waals surface area contributed by atoms with E-state index in [2.05, 4.69) is 33.0 Å². The lowest BCUT2D eigenvalue weighted by atomic mass is 10.1. The summed E-state index contributed by atoms with van der Waals surface area (Å²) < 4.78 is 12.0. The number of ether oxygens (including phenoxy) is 2. The molecule has 2 aromatic carbocycles. The highest BCUT2D eigenvalue weighted by molar-refractivity contribution is 9.10. The Morgan fingerprint density at radius 2 is 2.00 bits per heavy atom. The number of hydrazone groups is 1. The summed E-state index contributed by atoms with van der Waals surface area (Å²) in [5.74, 6) is 0.930. The Kier molecular flexibility index (Phi) is 7.41. The van der Waals surface area contributed by atoms with Crippen molar-refractivity contribution in [2.45, 2.75) is 13.8 Å². The summed E-state index contributed by atoms with van der Waals surface area (Å²) in [4.78, 5) is 12.1. The maximum Gasteiger partial charge on any atom is 0.271 e. The van der Waals surface area contributed by atoms with E-state index < -0.39 is 0 Å². The van der Waals surface area contributed by atoms with E-state index in [1.807, 2.05) is 32.0 Å². The van der Waals surface area contributed by atoms with Crippen LogP contribution in [0.3, 0.4) is 0 Å². The second kappa shape index (κ2) is 9.77. The van der Waals surface area contributed by atoms with Gasteiger partial charge in [0.2, 0.25) is 0 Å². The molecule has 1 N–H and O–H groups in total. The van der Waals surface area contributed by atoms with E-state index in [1.54, 1.807) is 30.5 Å². The molecule has 6 heteroatoms. The fourth-order valence-electron chi connectivity index (χ4n) is 2.14. The van der Waals surface area contributed by atoms with E-state index in [-0.39, 0.29) is 5.91 Å². The molecular weight excluding hydrogens is 396 g/mol. The van der Waals surface area contributed by atoms with E-state index in [9.17, 15) is 4.79 Å². The molecular formula is C20H21BrN2O3. The van der Waals surface area contributed by atoms with E-state index in [4.69, 9.17) is 9.47 Å². The van der Waals surface area contributed by atoms with E-state index >= 15 is 0 Å². The number of aryl methyl sites for hydroxylation is 1. The second-order valence-corrected chi connectivity index (χ2v) is 6.28. The molecule has 0 aromatic heterocycles. The molecule has 0 saturated carbocycles. The zero-order chi connectivity index (χ0) is 18.9. The van der Waals surface area contributed by atoms with Crippen molar-refractivity contribution in [1.29, 1.82) is 0 Å². The predicted molar refractivity (Wildman–Crippen MR) is 107 cm³/mol. The van der Waals surface area contributed by atoms with Crippen molar-refractivity contribution < 1.29 is 14.3 Å². The molecule has 0 aliphatic heterocycles. The number of carbonyl (C=O) groups excluding carboxylic acids is 1. The zero-order valence-corrected chi connectivity index (χ0v) is 16.4. The normalized spacial score (nSPS) is 10.6. The molecule has 0 fully saturated rings. The number of nitrogens with zero attached hydrogens (tertiary/aromatic N) is 1. The van der Waals surface area contributed by atoms with Gasteiger partial charge in [-0.2, -0.15) is 5.10 Å². The Morgan fingerprint density at radius 3 is 2.65 bits per heavy atom. The highest BCUT2D eigenvalue weighted by atomic mass is 79.9. The van der Waals surface area contributed by atoms with Gasteiger partial charge in [0.15, 0.2) is 11.5 Å². The minimum atomic E-state index is -0.267. The number of nitrogens with one attached hydrogen (secondary N) is 1. The van der Waals surface area contributed by atoms with E-state index in [0.29, 0.717) is 30.3 Å². The minimum Gasteiger partial charge on any atom is -0.490 e. The van der Waals surface area contributed by atoms with Crippen molar-refractivity contribution in [3.8, 4) is 11.5 Å². The Labute approximate surface area is 161 Å². The number of rotatable bonds is 8. The van der Waals surface area contributed by atoms with Gasteiger partial charge in [0, 0.05) is 5.56 Å². The molecule has 0 unspecified atom stereocenters. The fraction of sp³-hybridized carbons (Fsp3) is 0.200. The molecule has 5 nitrogen and oxygen atoms in total. The molecule has 0 spiro atoms. The topological polar surface area (TPSA) is 59.9 Å². The van der Waals surface area contributed by atoms with Gasteiger partial charge < -0.3 is 9.47 Å². The lowest BCUT2D eigenvalue weighted by Crippen LogP contribution is -2.17. The Balaban J connectivity index is 2.12. The van der Waals surface area contributed by atoms with Crippen LogP contribution in [0.2, 0.25) is 0 Å². The fourth-order valence-corrected chi connectivity index (χ4v) is 2.72. The van der Waals surface area contributed by atoms with Crippen LogP contribution in [0.5, 0.6) is 11.5 Å². The summed E-state index contributed by atoms with van der Waals surface area (Å²) in [5.41, 5.74) is 4.92. The van der Waals surface area contributed by atoms with Crippen LogP contribution in [-0.2, 0) is 0 Å². The number of benzene rings is 2. The van der Waals surface area contributed by atoms with Gasteiger partial charge in [0.1, 0.15) is 6.61 Å². The third-order valence-electron chi connectivity index (χ3n) is 3.37. The smallest absolute Gasteiger partial charge is 0.271 e. The Hall–Kier alpha value is -2.60. The standard InChI is InChI=1S/C20H21BrN2O3/c1-4-10-26-19-17(21)11-15(12-18(19)25-5-2)13-22-23-20(24)16-8-6-14(3)7-9-16/h4,6-9,11-13H,1,5,10H2,2-3H3,(H,23,24)/b22-13-. The Bertz CT molecular complexity index is 801. The van der Waals surface area contributed by atoms with Crippen molar-refractivity contribution >= 4 is 28.1 Å². The number of amides is 1. The van der Waals surface area contributed by atoms with E-state index in [0.717, 1.165) is 15.6 Å². The van der Waals surface area contributed by atoms with Crippen LogP contribution in [0, 0.1) is 6.92 Å². The maximum atomic E-state index is 12.1. The molecule has 0 atom stereocenters. The van der Waals surface area contributed by atoms with Gasteiger partial charge in [-0.05, 0) is 59.6 Å². The first kappa shape index (κ1) is 19.7. The first-order valence-corrected chi connectivity index (χ1v) is 8.94. The average Bonchev–Trinajstić information content (AvgIpc) is 2.62. The van der Waals surface area contributed by atoms with E-state index in [1.165, 1.54) is 0 Å². The molecule has 0 saturated heterocycles. The van der Waals surface area contributed by atoms with Crippen LogP contribution >= 0.6 is 15.9 Å². The first-order valence-electron chi connectivity index (χ1n) is 8.15. The molecule has 0 aliphatic carbocycles. The molecule has 0 radical (unpaired) electrons. The molecule has 0 bridgehead atoms. The van der Waals surface area contributed by atoms with Crippen molar-refractivity contribution in [2.75, 3.05) is 13.2 Å². The quantitative estimate of drug-likeness (QED) is 0.391. The summed E-state index contributed by atoms with van der Waals surface area (Å²) in [6, 6.07) is 10.9. The molecule has 0 heterocycles. The third-order valence-corrected chi connectivity index (χ3v) is 3.96.